The van der Waals surface area contributed by atoms with Crippen LogP contribution in [0.15, 0.2) is 10.6 Å². The van der Waals surface area contributed by atoms with Crippen LogP contribution in [0.4, 0.5) is 0 Å². The molecule has 6 nitrogen and oxygen atoms in total. The second kappa shape index (κ2) is 7.19. The van der Waals surface area contributed by atoms with Crippen LogP contribution >= 0.6 is 0 Å². The first-order valence-corrected chi connectivity index (χ1v) is 8.71. The molecule has 2 heterocycles. The van der Waals surface area contributed by atoms with Gasteiger partial charge in [0.1, 0.15) is 11.0 Å². The van der Waals surface area contributed by atoms with Crippen LogP contribution < -0.4 is 5.32 Å². The van der Waals surface area contributed by atoms with Gasteiger partial charge in [-0.3, -0.25) is 0 Å². The van der Waals surface area contributed by atoms with E-state index in [4.69, 9.17) is 9.15 Å². The van der Waals surface area contributed by atoms with Crippen LogP contribution in [0.3, 0.4) is 0 Å². The number of oxazole rings is 1. The number of rotatable bonds is 7. The van der Waals surface area contributed by atoms with E-state index in [2.05, 4.69) is 10.3 Å². The third kappa shape index (κ3) is 4.04. The largest absolute Gasteiger partial charge is 0.444 e. The van der Waals surface area contributed by atoms with E-state index in [1.54, 1.807) is 13.3 Å². The average molecular weight is 302 g/mol. The number of methoxy groups -OCH3 is 1. The van der Waals surface area contributed by atoms with Crippen molar-refractivity contribution in [2.45, 2.75) is 30.9 Å². The molecule has 1 aliphatic heterocycles. The van der Waals surface area contributed by atoms with Gasteiger partial charge in [-0.1, -0.05) is 6.42 Å². The molecule has 1 N–H and O–H groups in total. The summed E-state index contributed by atoms with van der Waals surface area (Å²) in [4.78, 5) is 4.17. The zero-order valence-electron chi connectivity index (χ0n) is 11.8. The van der Waals surface area contributed by atoms with Crippen molar-refractivity contribution >= 4 is 9.84 Å². The Kier molecular flexibility index (Phi) is 5.56. The molecule has 1 fully saturated rings. The molecule has 0 amide bonds. The quantitative estimate of drug-likeness (QED) is 0.759. The second-order valence-electron chi connectivity index (χ2n) is 5.00. The number of hydrogen-bond acceptors (Lipinski definition) is 6. The van der Waals surface area contributed by atoms with Crippen molar-refractivity contribution in [2.24, 2.45) is 0 Å². The molecule has 1 aromatic rings. The van der Waals surface area contributed by atoms with Crippen LogP contribution in [0.25, 0.3) is 0 Å². The van der Waals surface area contributed by atoms with Gasteiger partial charge in [-0.05, 0) is 12.8 Å². The molecule has 1 unspecified atom stereocenters. The lowest BCUT2D eigenvalue weighted by Gasteiger charge is -2.19. The maximum atomic E-state index is 12.0. The van der Waals surface area contributed by atoms with Crippen molar-refractivity contribution in [2.75, 3.05) is 32.6 Å². The van der Waals surface area contributed by atoms with Gasteiger partial charge in [0.05, 0.1) is 18.6 Å². The maximum Gasteiger partial charge on any atom is 0.195 e. The first-order chi connectivity index (χ1) is 9.63. The van der Waals surface area contributed by atoms with E-state index in [0.29, 0.717) is 31.1 Å². The molecule has 0 spiro atoms. The van der Waals surface area contributed by atoms with Crippen molar-refractivity contribution in [1.29, 1.82) is 0 Å². The number of nitrogens with zero attached hydrogens (tertiary/aromatic N) is 1. The Morgan fingerprint density at radius 3 is 3.05 bits per heavy atom. The molecule has 1 aliphatic rings. The number of ether oxygens (including phenoxy) is 1. The third-order valence-corrected chi connectivity index (χ3v) is 5.66. The summed E-state index contributed by atoms with van der Waals surface area (Å²) in [5.74, 6) is 1.34. The van der Waals surface area contributed by atoms with Crippen molar-refractivity contribution in [3.8, 4) is 0 Å². The van der Waals surface area contributed by atoms with Gasteiger partial charge >= 0.3 is 0 Å². The Balaban J connectivity index is 1.88. The predicted octanol–water partition coefficient (Wildman–Crippen LogP) is 1.09. The second-order valence-corrected chi connectivity index (χ2v) is 7.30. The van der Waals surface area contributed by atoms with Crippen molar-refractivity contribution < 1.29 is 17.6 Å². The summed E-state index contributed by atoms with van der Waals surface area (Å²) in [6.45, 7) is 2.18. The van der Waals surface area contributed by atoms with Gasteiger partial charge in [-0.25, -0.2) is 13.4 Å². The summed E-state index contributed by atoms with van der Waals surface area (Å²) in [6.07, 6.45) is 4.54. The molecule has 1 aromatic heterocycles. The molecule has 0 saturated carbocycles. The lowest BCUT2D eigenvalue weighted by Crippen LogP contribution is -2.22. The van der Waals surface area contributed by atoms with Gasteiger partial charge in [-0.2, -0.15) is 0 Å². The van der Waals surface area contributed by atoms with Gasteiger partial charge in [0.2, 0.25) is 0 Å². The van der Waals surface area contributed by atoms with Gasteiger partial charge in [0.25, 0.3) is 0 Å². The summed E-state index contributed by atoms with van der Waals surface area (Å²) in [7, 11) is -1.40. The van der Waals surface area contributed by atoms with Crippen LogP contribution in [0, 0.1) is 0 Å². The smallest absolute Gasteiger partial charge is 0.195 e. The van der Waals surface area contributed by atoms with E-state index in [1.165, 1.54) is 0 Å². The zero-order chi connectivity index (χ0) is 14.4. The summed E-state index contributed by atoms with van der Waals surface area (Å²) in [6, 6.07) is 0. The Bertz CT molecular complexity index is 512. The Hall–Kier alpha value is -0.920. The minimum atomic E-state index is -3.06. The number of nitrogens with one attached hydrogen (secondary N) is 1. The van der Waals surface area contributed by atoms with Crippen molar-refractivity contribution in [3.63, 3.8) is 0 Å². The van der Waals surface area contributed by atoms with Gasteiger partial charge in [0.15, 0.2) is 15.7 Å². The first-order valence-electron chi connectivity index (χ1n) is 6.99. The molecule has 1 saturated heterocycles. The summed E-state index contributed by atoms with van der Waals surface area (Å²) in [5, 5.41) is 2.70. The highest BCUT2D eigenvalue weighted by Gasteiger charge is 2.33. The molecule has 0 radical (unpaired) electrons. The summed E-state index contributed by atoms with van der Waals surface area (Å²) in [5.41, 5.74) is 0. The summed E-state index contributed by atoms with van der Waals surface area (Å²) >= 11 is 0. The Morgan fingerprint density at radius 2 is 2.30 bits per heavy atom. The molecule has 114 valence electrons. The number of hydrogen-bond donors (Lipinski definition) is 1. The molecule has 0 aliphatic carbocycles. The van der Waals surface area contributed by atoms with Crippen LogP contribution in [0.5, 0.6) is 0 Å². The first kappa shape index (κ1) is 15.5. The fourth-order valence-electron chi connectivity index (χ4n) is 2.36. The summed E-state index contributed by atoms with van der Waals surface area (Å²) < 4.78 is 34.6. The van der Waals surface area contributed by atoms with E-state index in [1.807, 2.05) is 0 Å². The topological polar surface area (TPSA) is 81.4 Å². The highest BCUT2D eigenvalue weighted by atomic mass is 32.2. The van der Waals surface area contributed by atoms with Crippen LogP contribution in [-0.2, 0) is 21.0 Å². The molecular formula is C13H22N2O4S. The van der Waals surface area contributed by atoms with Crippen LogP contribution in [0.1, 0.15) is 36.2 Å². The van der Waals surface area contributed by atoms with Crippen molar-refractivity contribution in [3.05, 3.63) is 17.8 Å². The van der Waals surface area contributed by atoms with Gasteiger partial charge in [-0.15, -0.1) is 0 Å². The molecular weight excluding hydrogens is 280 g/mol. The standard InChI is InChI=1S/C13H22N2O4S/c1-18-8-7-14-6-5-13-15-10-11(19-13)12-4-2-3-9-20(12,16)17/h10,12,14H,2-9H2,1H3. The lowest BCUT2D eigenvalue weighted by molar-refractivity contribution is 0.199. The predicted molar refractivity (Wildman–Crippen MR) is 75.3 cm³/mol. The molecule has 2 rings (SSSR count). The van der Waals surface area contributed by atoms with Crippen molar-refractivity contribution in [1.82, 2.24) is 10.3 Å². The average Bonchev–Trinajstić information content (AvgIpc) is 2.86. The maximum absolute atomic E-state index is 12.0. The minimum absolute atomic E-state index is 0.256. The van der Waals surface area contributed by atoms with E-state index in [9.17, 15) is 8.42 Å². The fourth-order valence-corrected chi connectivity index (χ4v) is 4.24. The Morgan fingerprint density at radius 1 is 1.45 bits per heavy atom. The molecule has 0 bridgehead atoms. The number of aromatic nitrogens is 1. The van der Waals surface area contributed by atoms with E-state index >= 15 is 0 Å². The molecule has 7 heteroatoms. The van der Waals surface area contributed by atoms with E-state index in [-0.39, 0.29) is 5.75 Å². The monoisotopic (exact) mass is 302 g/mol. The van der Waals surface area contributed by atoms with E-state index < -0.39 is 15.1 Å². The van der Waals surface area contributed by atoms with Gasteiger partial charge in [0, 0.05) is 26.6 Å². The van der Waals surface area contributed by atoms with Crippen LogP contribution in [-0.4, -0.2) is 46.0 Å². The SMILES string of the molecule is COCCNCCc1ncc(C2CCCCS2(=O)=O)o1. The third-order valence-electron chi connectivity index (χ3n) is 3.47. The minimum Gasteiger partial charge on any atom is -0.444 e. The van der Waals surface area contributed by atoms with Crippen LogP contribution in [0.2, 0.25) is 0 Å². The Labute approximate surface area is 119 Å². The molecule has 1 atom stereocenters. The molecule has 20 heavy (non-hydrogen) atoms. The van der Waals surface area contributed by atoms with Gasteiger partial charge < -0.3 is 14.5 Å². The highest BCUT2D eigenvalue weighted by molar-refractivity contribution is 7.91. The highest BCUT2D eigenvalue weighted by Crippen LogP contribution is 2.33. The number of sulfone groups is 1. The zero-order valence-corrected chi connectivity index (χ0v) is 12.6. The lowest BCUT2D eigenvalue weighted by atomic mass is 10.1. The van der Waals surface area contributed by atoms with E-state index in [0.717, 1.165) is 25.9 Å². The molecule has 0 aromatic carbocycles. The fraction of sp³-hybridized carbons (Fsp3) is 0.769. The normalized spacial score (nSPS) is 21.9.